The van der Waals surface area contributed by atoms with Gasteiger partial charge in [-0.25, -0.2) is 9.97 Å². The second kappa shape index (κ2) is 5.27. The van der Waals surface area contributed by atoms with E-state index in [0.717, 1.165) is 5.69 Å². The standard InChI is InChI=1S/C12H13N7O2/c1-8-13-6-10-12(15-8)19(17-16-10)9-5-14-18(7-9)4-3-11(20)21-2/h5-7H,3-4H2,1-2H3. The van der Waals surface area contributed by atoms with Crippen LogP contribution < -0.4 is 0 Å². The number of carbonyl (C=O) groups is 1. The van der Waals surface area contributed by atoms with E-state index in [1.807, 2.05) is 0 Å². The summed E-state index contributed by atoms with van der Waals surface area (Å²) in [6.45, 7) is 2.24. The Morgan fingerprint density at radius 3 is 3.05 bits per heavy atom. The van der Waals surface area contributed by atoms with Gasteiger partial charge in [-0.15, -0.1) is 5.10 Å². The lowest BCUT2D eigenvalue weighted by Crippen LogP contribution is -2.07. The summed E-state index contributed by atoms with van der Waals surface area (Å²) >= 11 is 0. The van der Waals surface area contributed by atoms with Crippen LogP contribution in [0, 0.1) is 6.92 Å². The van der Waals surface area contributed by atoms with Crippen molar-refractivity contribution in [2.24, 2.45) is 0 Å². The Bertz CT molecular complexity index is 792. The van der Waals surface area contributed by atoms with Crippen LogP contribution >= 0.6 is 0 Å². The first-order valence-corrected chi connectivity index (χ1v) is 6.32. The first-order valence-electron chi connectivity index (χ1n) is 6.32. The van der Waals surface area contributed by atoms with E-state index in [2.05, 4.69) is 30.1 Å². The zero-order valence-electron chi connectivity index (χ0n) is 11.6. The van der Waals surface area contributed by atoms with Crippen LogP contribution in [0.4, 0.5) is 0 Å². The van der Waals surface area contributed by atoms with Crippen molar-refractivity contribution in [2.75, 3.05) is 7.11 Å². The molecule has 9 heteroatoms. The van der Waals surface area contributed by atoms with Gasteiger partial charge in [-0.05, 0) is 6.92 Å². The Hall–Kier alpha value is -2.84. The number of hydrogen-bond donors (Lipinski definition) is 0. The smallest absolute Gasteiger partial charge is 0.307 e. The summed E-state index contributed by atoms with van der Waals surface area (Å²) in [5.41, 5.74) is 1.96. The van der Waals surface area contributed by atoms with Crippen molar-refractivity contribution in [1.29, 1.82) is 0 Å². The molecule has 3 heterocycles. The third-order valence-corrected chi connectivity index (χ3v) is 2.95. The van der Waals surface area contributed by atoms with Crippen molar-refractivity contribution >= 4 is 17.1 Å². The molecular formula is C12H13N7O2. The third-order valence-electron chi connectivity index (χ3n) is 2.95. The van der Waals surface area contributed by atoms with E-state index in [9.17, 15) is 4.79 Å². The molecule has 0 aliphatic carbocycles. The maximum Gasteiger partial charge on any atom is 0.307 e. The summed E-state index contributed by atoms with van der Waals surface area (Å²) in [4.78, 5) is 19.5. The van der Waals surface area contributed by atoms with E-state index in [1.165, 1.54) is 7.11 Å². The molecule has 0 saturated heterocycles. The molecule has 0 aliphatic heterocycles. The van der Waals surface area contributed by atoms with Gasteiger partial charge in [-0.3, -0.25) is 9.48 Å². The highest BCUT2D eigenvalue weighted by Gasteiger charge is 2.11. The second-order valence-corrected chi connectivity index (χ2v) is 4.42. The minimum Gasteiger partial charge on any atom is -0.469 e. The van der Waals surface area contributed by atoms with Gasteiger partial charge in [0.2, 0.25) is 0 Å². The lowest BCUT2D eigenvalue weighted by molar-refractivity contribution is -0.140. The van der Waals surface area contributed by atoms with E-state index >= 15 is 0 Å². The van der Waals surface area contributed by atoms with Gasteiger partial charge in [-0.2, -0.15) is 9.78 Å². The minimum absolute atomic E-state index is 0.261. The Labute approximate surface area is 119 Å². The zero-order chi connectivity index (χ0) is 14.8. The lowest BCUT2D eigenvalue weighted by Gasteiger charge is -2.00. The van der Waals surface area contributed by atoms with E-state index < -0.39 is 0 Å². The number of esters is 1. The van der Waals surface area contributed by atoms with Gasteiger partial charge in [0, 0.05) is 0 Å². The van der Waals surface area contributed by atoms with Gasteiger partial charge in [-0.1, -0.05) is 5.21 Å². The fourth-order valence-electron chi connectivity index (χ4n) is 1.88. The van der Waals surface area contributed by atoms with Gasteiger partial charge < -0.3 is 4.74 Å². The molecule has 0 radical (unpaired) electrons. The molecule has 108 valence electrons. The van der Waals surface area contributed by atoms with Gasteiger partial charge in [0.25, 0.3) is 0 Å². The molecule has 0 spiro atoms. The fraction of sp³-hybridized carbons (Fsp3) is 0.333. The van der Waals surface area contributed by atoms with Crippen molar-refractivity contribution in [3.8, 4) is 5.69 Å². The molecular weight excluding hydrogens is 274 g/mol. The zero-order valence-corrected chi connectivity index (χ0v) is 11.6. The van der Waals surface area contributed by atoms with Crippen molar-refractivity contribution in [3.63, 3.8) is 0 Å². The predicted octanol–water partition coefficient (Wildman–Crippen LogP) is 0.279. The first-order chi connectivity index (χ1) is 10.2. The molecule has 0 N–H and O–H groups in total. The number of methoxy groups -OCH3 is 1. The molecule has 0 aliphatic rings. The van der Waals surface area contributed by atoms with Crippen LogP contribution in [0.1, 0.15) is 12.2 Å². The highest BCUT2D eigenvalue weighted by molar-refractivity contribution is 5.70. The minimum atomic E-state index is -0.276. The molecule has 0 unspecified atom stereocenters. The maximum absolute atomic E-state index is 11.1. The molecule has 3 aromatic rings. The predicted molar refractivity (Wildman–Crippen MR) is 71.6 cm³/mol. The van der Waals surface area contributed by atoms with E-state index in [1.54, 1.807) is 34.9 Å². The van der Waals surface area contributed by atoms with Crippen LogP contribution in [0.25, 0.3) is 16.9 Å². The number of nitrogens with zero attached hydrogens (tertiary/aromatic N) is 7. The van der Waals surface area contributed by atoms with Crippen molar-refractivity contribution in [3.05, 3.63) is 24.4 Å². The molecule has 0 aromatic carbocycles. The van der Waals surface area contributed by atoms with Gasteiger partial charge in [0.05, 0.1) is 38.7 Å². The second-order valence-electron chi connectivity index (χ2n) is 4.42. The summed E-state index contributed by atoms with van der Waals surface area (Å²) in [5.74, 6) is 0.366. The number of aromatic nitrogens is 7. The number of hydrogen-bond acceptors (Lipinski definition) is 7. The van der Waals surface area contributed by atoms with Crippen LogP contribution in [-0.4, -0.2) is 47.8 Å². The molecule has 9 nitrogen and oxygen atoms in total. The van der Waals surface area contributed by atoms with Crippen LogP contribution in [0.5, 0.6) is 0 Å². The summed E-state index contributed by atoms with van der Waals surface area (Å²) < 4.78 is 7.83. The topological polar surface area (TPSA) is 101 Å². The van der Waals surface area contributed by atoms with E-state index in [-0.39, 0.29) is 12.4 Å². The Morgan fingerprint density at radius 2 is 2.24 bits per heavy atom. The quantitative estimate of drug-likeness (QED) is 0.635. The maximum atomic E-state index is 11.1. The molecule has 21 heavy (non-hydrogen) atoms. The highest BCUT2D eigenvalue weighted by atomic mass is 16.5. The van der Waals surface area contributed by atoms with Crippen molar-refractivity contribution in [1.82, 2.24) is 34.7 Å². The van der Waals surface area contributed by atoms with Crippen molar-refractivity contribution in [2.45, 2.75) is 19.9 Å². The van der Waals surface area contributed by atoms with Crippen molar-refractivity contribution < 1.29 is 9.53 Å². The largest absolute Gasteiger partial charge is 0.469 e. The average molecular weight is 287 g/mol. The number of aryl methyl sites for hydroxylation is 2. The first kappa shape index (κ1) is 13.2. The van der Waals surface area contributed by atoms with Crippen LogP contribution in [0.2, 0.25) is 0 Å². The molecule has 3 aromatic heterocycles. The molecule has 3 rings (SSSR count). The summed E-state index contributed by atoms with van der Waals surface area (Å²) in [6.07, 6.45) is 5.30. The third kappa shape index (κ3) is 2.57. The van der Waals surface area contributed by atoms with Gasteiger partial charge in [0.15, 0.2) is 11.2 Å². The molecule has 0 bridgehead atoms. The summed E-state index contributed by atoms with van der Waals surface area (Å²) in [5, 5.41) is 12.2. The van der Waals surface area contributed by atoms with Crippen LogP contribution in [0.3, 0.4) is 0 Å². The van der Waals surface area contributed by atoms with Gasteiger partial charge in [0.1, 0.15) is 11.5 Å². The Balaban J connectivity index is 1.88. The summed E-state index contributed by atoms with van der Waals surface area (Å²) in [6, 6.07) is 0. The fourth-order valence-corrected chi connectivity index (χ4v) is 1.88. The Kier molecular flexibility index (Phi) is 3.30. The van der Waals surface area contributed by atoms with E-state index in [0.29, 0.717) is 23.5 Å². The number of carbonyl (C=O) groups excluding carboxylic acids is 1. The van der Waals surface area contributed by atoms with Gasteiger partial charge >= 0.3 is 5.97 Å². The number of ether oxygens (including phenoxy) is 1. The van der Waals surface area contributed by atoms with Crippen LogP contribution in [-0.2, 0) is 16.1 Å². The SMILES string of the molecule is COC(=O)CCn1cc(-n2nnc3cnc(C)nc32)cn1. The molecule has 0 saturated carbocycles. The average Bonchev–Trinajstić information content (AvgIpc) is 3.10. The molecule has 0 amide bonds. The summed E-state index contributed by atoms with van der Waals surface area (Å²) in [7, 11) is 1.36. The number of rotatable bonds is 4. The highest BCUT2D eigenvalue weighted by Crippen LogP contribution is 2.13. The normalized spacial score (nSPS) is 11.0. The monoisotopic (exact) mass is 287 g/mol. The number of fused-ring (bicyclic) bond motifs is 1. The van der Waals surface area contributed by atoms with E-state index in [4.69, 9.17) is 0 Å². The lowest BCUT2D eigenvalue weighted by atomic mass is 10.4. The molecule has 0 atom stereocenters. The molecule has 0 fully saturated rings. The Morgan fingerprint density at radius 1 is 1.38 bits per heavy atom. The van der Waals surface area contributed by atoms with Crippen LogP contribution in [0.15, 0.2) is 18.6 Å².